The van der Waals surface area contributed by atoms with Crippen LogP contribution in [0.3, 0.4) is 0 Å². The third kappa shape index (κ3) is 3.54. The van der Waals surface area contributed by atoms with E-state index in [-0.39, 0.29) is 18.4 Å². The molecule has 3 rings (SSSR count). The fourth-order valence-corrected chi connectivity index (χ4v) is 3.94. The summed E-state index contributed by atoms with van der Waals surface area (Å²) in [5.74, 6) is -0.424. The van der Waals surface area contributed by atoms with Crippen LogP contribution in [-0.4, -0.2) is 38.0 Å². The monoisotopic (exact) mass is 332 g/mol. The van der Waals surface area contributed by atoms with Crippen LogP contribution in [-0.2, 0) is 14.8 Å². The first kappa shape index (κ1) is 16.0. The zero-order valence-electron chi connectivity index (χ0n) is 13.0. The van der Waals surface area contributed by atoms with Crippen molar-refractivity contribution < 1.29 is 13.2 Å². The number of amides is 1. The number of nitrogens with zero attached hydrogens (tertiary/aromatic N) is 1. The van der Waals surface area contributed by atoms with Crippen LogP contribution in [0.5, 0.6) is 0 Å². The number of fused-ring (bicyclic) bond motifs is 1. The number of piperidine rings is 1. The molecule has 0 aliphatic carbocycles. The van der Waals surface area contributed by atoms with Gasteiger partial charge in [-0.1, -0.05) is 36.4 Å². The minimum atomic E-state index is -3.25. The van der Waals surface area contributed by atoms with Crippen LogP contribution in [0.4, 0.5) is 5.69 Å². The molecule has 1 unspecified atom stereocenters. The van der Waals surface area contributed by atoms with Gasteiger partial charge in [-0.05, 0) is 24.3 Å². The van der Waals surface area contributed by atoms with E-state index in [1.807, 2.05) is 42.5 Å². The highest BCUT2D eigenvalue weighted by atomic mass is 32.2. The Hall–Kier alpha value is -1.92. The number of carbonyl (C=O) groups is 1. The Balaban J connectivity index is 1.78. The second-order valence-corrected chi connectivity index (χ2v) is 7.96. The van der Waals surface area contributed by atoms with E-state index in [0.29, 0.717) is 19.4 Å². The Bertz CT molecular complexity index is 827. The maximum absolute atomic E-state index is 12.6. The van der Waals surface area contributed by atoms with Gasteiger partial charge < -0.3 is 5.32 Å². The summed E-state index contributed by atoms with van der Waals surface area (Å²) in [7, 11) is -3.25. The van der Waals surface area contributed by atoms with Crippen LogP contribution >= 0.6 is 0 Å². The smallest absolute Gasteiger partial charge is 0.228 e. The highest BCUT2D eigenvalue weighted by Gasteiger charge is 2.30. The summed E-state index contributed by atoms with van der Waals surface area (Å²) in [4.78, 5) is 12.6. The van der Waals surface area contributed by atoms with Crippen LogP contribution in [0.1, 0.15) is 12.8 Å². The van der Waals surface area contributed by atoms with Crippen LogP contribution < -0.4 is 5.32 Å². The third-order valence-corrected chi connectivity index (χ3v) is 5.54. The number of hydrogen-bond acceptors (Lipinski definition) is 3. The quantitative estimate of drug-likeness (QED) is 0.939. The fourth-order valence-electron chi connectivity index (χ4n) is 3.03. The van der Waals surface area contributed by atoms with Crippen molar-refractivity contribution in [3.05, 3.63) is 42.5 Å². The van der Waals surface area contributed by atoms with Crippen LogP contribution in [0, 0.1) is 5.92 Å². The Kier molecular flexibility index (Phi) is 4.37. The van der Waals surface area contributed by atoms with Gasteiger partial charge in [0.15, 0.2) is 0 Å². The molecule has 1 atom stereocenters. The Morgan fingerprint density at radius 1 is 1.17 bits per heavy atom. The summed E-state index contributed by atoms with van der Waals surface area (Å²) in [6.07, 6.45) is 2.61. The van der Waals surface area contributed by atoms with E-state index in [4.69, 9.17) is 0 Å². The molecule has 2 aromatic carbocycles. The molecule has 0 radical (unpaired) electrons. The van der Waals surface area contributed by atoms with Gasteiger partial charge in [0.1, 0.15) is 0 Å². The van der Waals surface area contributed by atoms with Gasteiger partial charge in [0, 0.05) is 24.2 Å². The molecule has 1 aliphatic heterocycles. The Morgan fingerprint density at radius 3 is 2.70 bits per heavy atom. The van der Waals surface area contributed by atoms with E-state index in [2.05, 4.69) is 5.32 Å². The van der Waals surface area contributed by atoms with Crippen molar-refractivity contribution in [1.29, 1.82) is 0 Å². The van der Waals surface area contributed by atoms with Crippen molar-refractivity contribution in [2.24, 2.45) is 5.92 Å². The minimum Gasteiger partial charge on any atom is -0.325 e. The zero-order valence-corrected chi connectivity index (χ0v) is 13.8. The lowest BCUT2D eigenvalue weighted by atomic mass is 9.98. The number of carbonyl (C=O) groups excluding carboxylic acids is 1. The first-order valence-electron chi connectivity index (χ1n) is 7.69. The van der Waals surface area contributed by atoms with Crippen molar-refractivity contribution in [3.8, 4) is 0 Å². The van der Waals surface area contributed by atoms with Gasteiger partial charge in [0.05, 0.1) is 12.2 Å². The van der Waals surface area contributed by atoms with Crippen molar-refractivity contribution in [2.75, 3.05) is 24.7 Å². The number of benzene rings is 2. The topological polar surface area (TPSA) is 66.5 Å². The first-order chi connectivity index (χ1) is 10.9. The molecule has 2 aromatic rings. The van der Waals surface area contributed by atoms with Gasteiger partial charge in [-0.25, -0.2) is 12.7 Å². The van der Waals surface area contributed by atoms with E-state index in [0.717, 1.165) is 16.5 Å². The molecule has 1 saturated heterocycles. The molecule has 0 bridgehead atoms. The van der Waals surface area contributed by atoms with Gasteiger partial charge in [-0.2, -0.15) is 0 Å². The van der Waals surface area contributed by atoms with Crippen molar-refractivity contribution in [2.45, 2.75) is 12.8 Å². The molecule has 1 amide bonds. The molecule has 0 aromatic heterocycles. The van der Waals surface area contributed by atoms with Gasteiger partial charge in [0.2, 0.25) is 15.9 Å². The summed E-state index contributed by atoms with van der Waals surface area (Å²) < 4.78 is 24.8. The van der Waals surface area contributed by atoms with E-state index >= 15 is 0 Å². The summed E-state index contributed by atoms with van der Waals surface area (Å²) >= 11 is 0. The minimum absolute atomic E-state index is 0.116. The highest BCUT2D eigenvalue weighted by Crippen LogP contribution is 2.25. The van der Waals surface area contributed by atoms with Crippen molar-refractivity contribution >= 4 is 32.4 Å². The maximum Gasteiger partial charge on any atom is 0.228 e. The molecule has 6 heteroatoms. The second-order valence-electron chi connectivity index (χ2n) is 5.98. The normalized spacial score (nSPS) is 19.6. The van der Waals surface area contributed by atoms with Crippen molar-refractivity contribution in [3.63, 3.8) is 0 Å². The van der Waals surface area contributed by atoms with Crippen molar-refractivity contribution in [1.82, 2.24) is 4.31 Å². The zero-order chi connectivity index (χ0) is 16.4. The van der Waals surface area contributed by atoms with E-state index in [1.165, 1.54) is 10.6 Å². The first-order valence-corrected chi connectivity index (χ1v) is 9.54. The van der Waals surface area contributed by atoms with E-state index in [1.54, 1.807) is 0 Å². The predicted octanol–water partition coefficient (Wildman–Crippen LogP) is 2.45. The molecule has 1 heterocycles. The molecule has 5 nitrogen and oxygen atoms in total. The molecule has 0 spiro atoms. The Labute approximate surface area is 136 Å². The van der Waals surface area contributed by atoms with E-state index < -0.39 is 10.0 Å². The van der Waals surface area contributed by atoms with Crippen LogP contribution in [0.15, 0.2) is 42.5 Å². The molecule has 1 aliphatic rings. The molecular formula is C17H20N2O3S. The lowest BCUT2D eigenvalue weighted by molar-refractivity contribution is -0.120. The molecule has 23 heavy (non-hydrogen) atoms. The van der Waals surface area contributed by atoms with Gasteiger partial charge in [-0.15, -0.1) is 0 Å². The SMILES string of the molecule is CS(=O)(=O)N1CCCC(C(=O)Nc2cccc3ccccc23)C1. The molecule has 0 saturated carbocycles. The van der Waals surface area contributed by atoms with Gasteiger partial charge in [0.25, 0.3) is 0 Å². The maximum atomic E-state index is 12.6. The summed E-state index contributed by atoms with van der Waals surface area (Å²) in [5, 5.41) is 5.01. The summed E-state index contributed by atoms with van der Waals surface area (Å²) in [6, 6.07) is 13.6. The lowest BCUT2D eigenvalue weighted by Crippen LogP contribution is -2.43. The van der Waals surface area contributed by atoms with Gasteiger partial charge >= 0.3 is 0 Å². The second kappa shape index (κ2) is 6.29. The standard InChI is InChI=1S/C17H20N2O3S/c1-23(21,22)19-11-5-8-14(12-19)17(20)18-16-10-4-7-13-6-2-3-9-15(13)16/h2-4,6-7,9-10,14H,5,8,11-12H2,1H3,(H,18,20). The molecule has 1 fully saturated rings. The number of nitrogens with one attached hydrogen (secondary N) is 1. The summed E-state index contributed by atoms with van der Waals surface area (Å²) in [6.45, 7) is 0.756. The number of sulfonamides is 1. The number of rotatable bonds is 3. The van der Waals surface area contributed by atoms with Crippen LogP contribution in [0.25, 0.3) is 10.8 Å². The Morgan fingerprint density at radius 2 is 1.91 bits per heavy atom. The molecular weight excluding hydrogens is 312 g/mol. The van der Waals surface area contributed by atoms with Crippen LogP contribution in [0.2, 0.25) is 0 Å². The third-order valence-electron chi connectivity index (χ3n) is 4.27. The molecule has 122 valence electrons. The number of anilines is 1. The average molecular weight is 332 g/mol. The largest absolute Gasteiger partial charge is 0.325 e. The summed E-state index contributed by atoms with van der Waals surface area (Å²) in [5.41, 5.74) is 0.768. The average Bonchev–Trinajstić information content (AvgIpc) is 2.54. The lowest BCUT2D eigenvalue weighted by Gasteiger charge is -2.30. The highest BCUT2D eigenvalue weighted by molar-refractivity contribution is 7.88. The fraction of sp³-hybridized carbons (Fsp3) is 0.353. The number of hydrogen-bond donors (Lipinski definition) is 1. The predicted molar refractivity (Wildman–Crippen MR) is 91.7 cm³/mol. The molecule has 1 N–H and O–H groups in total. The van der Waals surface area contributed by atoms with Gasteiger partial charge in [-0.3, -0.25) is 4.79 Å². The van der Waals surface area contributed by atoms with E-state index in [9.17, 15) is 13.2 Å².